The fourth-order valence-electron chi connectivity index (χ4n) is 2.97. The molecule has 0 unspecified atom stereocenters. The van der Waals surface area contributed by atoms with Gasteiger partial charge < -0.3 is 9.47 Å². The van der Waals surface area contributed by atoms with Crippen LogP contribution in [-0.4, -0.2) is 26.4 Å². The third-order valence-electron chi connectivity index (χ3n) is 4.57. The van der Waals surface area contributed by atoms with Gasteiger partial charge in [0.05, 0.1) is 11.4 Å². The summed E-state index contributed by atoms with van der Waals surface area (Å²) in [6.07, 6.45) is 3.81. The molecule has 0 saturated carbocycles. The molecule has 4 nitrogen and oxygen atoms in total. The zero-order valence-corrected chi connectivity index (χ0v) is 16.6. The fraction of sp³-hybridized carbons (Fsp3) is 0.333. The Morgan fingerprint density at radius 2 is 2.08 bits per heavy atom. The molecule has 0 N–H and O–H groups in total. The Kier molecular flexibility index (Phi) is 5.57. The van der Waals surface area contributed by atoms with Crippen molar-refractivity contribution in [2.45, 2.75) is 46.8 Å². The Hall–Kier alpha value is -2.40. The Morgan fingerprint density at radius 3 is 2.77 bits per heavy atom. The zero-order valence-electron chi connectivity index (χ0n) is 15.8. The summed E-state index contributed by atoms with van der Waals surface area (Å²) in [7, 11) is 0. The van der Waals surface area contributed by atoms with Gasteiger partial charge in [0.2, 0.25) is 0 Å². The predicted molar refractivity (Wildman–Crippen MR) is 107 cm³/mol. The van der Waals surface area contributed by atoms with Crippen molar-refractivity contribution in [3.63, 3.8) is 0 Å². The van der Waals surface area contributed by atoms with Gasteiger partial charge in [0.15, 0.2) is 0 Å². The number of carbonyl (C=O) groups is 1. The minimum atomic E-state index is 0.0660. The molecule has 0 atom stereocenters. The van der Waals surface area contributed by atoms with Crippen LogP contribution in [-0.2, 0) is 13.1 Å². The maximum Gasteiger partial charge on any atom is 0.264 e. The van der Waals surface area contributed by atoms with E-state index in [4.69, 9.17) is 0 Å². The lowest BCUT2D eigenvalue weighted by Gasteiger charge is -2.26. The first-order chi connectivity index (χ1) is 12.5. The van der Waals surface area contributed by atoms with Gasteiger partial charge in [0.1, 0.15) is 5.82 Å². The number of aromatic nitrogens is 2. The second kappa shape index (κ2) is 7.87. The number of carbonyl (C=O) groups excluding carboxylic acids is 1. The smallest absolute Gasteiger partial charge is 0.264 e. The highest BCUT2D eigenvalue weighted by Gasteiger charge is 2.21. The highest BCUT2D eigenvalue weighted by Crippen LogP contribution is 2.18. The lowest BCUT2D eigenvalue weighted by Crippen LogP contribution is -2.36. The maximum absolute atomic E-state index is 12.8. The Morgan fingerprint density at radius 1 is 1.27 bits per heavy atom. The number of aryl methyl sites for hydroxylation is 2. The molecular weight excluding hydrogens is 342 g/mol. The van der Waals surface area contributed by atoms with Crippen LogP contribution < -0.4 is 0 Å². The molecule has 0 radical (unpaired) electrons. The first kappa shape index (κ1) is 18.4. The molecule has 0 aliphatic carbocycles. The molecule has 2 heterocycles. The van der Waals surface area contributed by atoms with Crippen molar-refractivity contribution in [1.82, 2.24) is 14.5 Å². The van der Waals surface area contributed by atoms with Crippen molar-refractivity contribution in [3.05, 3.63) is 75.5 Å². The molecule has 0 fully saturated rings. The van der Waals surface area contributed by atoms with Gasteiger partial charge in [-0.05, 0) is 50.3 Å². The molecule has 0 aliphatic heterocycles. The molecular formula is C21H25N3OS. The number of benzene rings is 1. The fourth-order valence-corrected chi connectivity index (χ4v) is 3.65. The molecule has 3 aromatic rings. The van der Waals surface area contributed by atoms with Crippen molar-refractivity contribution < 1.29 is 4.79 Å². The van der Waals surface area contributed by atoms with Gasteiger partial charge in [0.25, 0.3) is 5.91 Å². The van der Waals surface area contributed by atoms with E-state index in [1.54, 1.807) is 0 Å². The summed E-state index contributed by atoms with van der Waals surface area (Å²) in [6, 6.07) is 10.4. The molecule has 1 amide bonds. The minimum Gasteiger partial charge on any atom is -0.329 e. The number of nitrogens with zero attached hydrogens (tertiary/aromatic N) is 3. The third-order valence-corrected chi connectivity index (χ3v) is 5.43. The van der Waals surface area contributed by atoms with Gasteiger partial charge in [-0.1, -0.05) is 29.8 Å². The standard InChI is InChI=1S/C21H25N3OS/c1-15(2)24(21(25)19-6-5-11-26-19)14-20-22-9-10-23(20)13-18-12-16(3)7-8-17(18)4/h5-12,15H,13-14H2,1-4H3. The minimum absolute atomic E-state index is 0.0660. The quantitative estimate of drug-likeness (QED) is 0.635. The van der Waals surface area contributed by atoms with Crippen molar-refractivity contribution in [3.8, 4) is 0 Å². The van der Waals surface area contributed by atoms with E-state index in [-0.39, 0.29) is 11.9 Å². The second-order valence-corrected chi connectivity index (χ2v) is 7.85. The van der Waals surface area contributed by atoms with Gasteiger partial charge in [-0.3, -0.25) is 4.79 Å². The summed E-state index contributed by atoms with van der Waals surface area (Å²) < 4.78 is 2.14. The summed E-state index contributed by atoms with van der Waals surface area (Å²) in [6.45, 7) is 9.60. The van der Waals surface area contributed by atoms with Crippen LogP contribution in [0.2, 0.25) is 0 Å². The van der Waals surface area contributed by atoms with E-state index >= 15 is 0 Å². The lowest BCUT2D eigenvalue weighted by molar-refractivity contribution is 0.0688. The number of thiophene rings is 1. The van der Waals surface area contributed by atoms with E-state index in [0.717, 1.165) is 17.2 Å². The molecule has 5 heteroatoms. The number of hydrogen-bond acceptors (Lipinski definition) is 3. The average Bonchev–Trinajstić information content (AvgIpc) is 3.27. The maximum atomic E-state index is 12.8. The first-order valence-corrected chi connectivity index (χ1v) is 9.74. The van der Waals surface area contributed by atoms with Crippen LogP contribution in [0.15, 0.2) is 48.1 Å². The molecule has 0 aliphatic rings. The van der Waals surface area contributed by atoms with E-state index < -0.39 is 0 Å². The topological polar surface area (TPSA) is 38.1 Å². The SMILES string of the molecule is Cc1ccc(C)c(Cn2ccnc2CN(C(=O)c2cccs2)C(C)C)c1. The van der Waals surface area contributed by atoms with Crippen LogP contribution in [0.4, 0.5) is 0 Å². The van der Waals surface area contributed by atoms with Crippen LogP contribution in [0.5, 0.6) is 0 Å². The molecule has 0 spiro atoms. The molecule has 26 heavy (non-hydrogen) atoms. The molecule has 2 aromatic heterocycles. The van der Waals surface area contributed by atoms with E-state index in [2.05, 4.69) is 41.6 Å². The monoisotopic (exact) mass is 367 g/mol. The van der Waals surface area contributed by atoms with Crippen LogP contribution in [0.25, 0.3) is 0 Å². The Labute approximate surface area is 159 Å². The average molecular weight is 368 g/mol. The molecule has 1 aromatic carbocycles. The molecule has 136 valence electrons. The summed E-state index contributed by atoms with van der Waals surface area (Å²) >= 11 is 1.48. The van der Waals surface area contributed by atoms with Gasteiger partial charge in [-0.15, -0.1) is 11.3 Å². The van der Waals surface area contributed by atoms with E-state index in [1.165, 1.54) is 28.0 Å². The first-order valence-electron chi connectivity index (χ1n) is 8.86. The van der Waals surface area contributed by atoms with Gasteiger partial charge in [-0.25, -0.2) is 4.98 Å². The Balaban J connectivity index is 1.83. The highest BCUT2D eigenvalue weighted by atomic mass is 32.1. The number of hydrogen-bond donors (Lipinski definition) is 0. The van der Waals surface area contributed by atoms with Crippen LogP contribution in [0, 0.1) is 13.8 Å². The van der Waals surface area contributed by atoms with E-state index in [1.807, 2.05) is 48.7 Å². The van der Waals surface area contributed by atoms with Gasteiger partial charge in [-0.2, -0.15) is 0 Å². The van der Waals surface area contributed by atoms with Crippen LogP contribution >= 0.6 is 11.3 Å². The van der Waals surface area contributed by atoms with Crippen molar-refractivity contribution >= 4 is 17.2 Å². The normalized spacial score (nSPS) is 11.1. The number of amides is 1. The molecule has 0 bridgehead atoms. The summed E-state index contributed by atoms with van der Waals surface area (Å²) in [5, 5.41) is 1.94. The number of rotatable bonds is 6. The molecule has 0 saturated heterocycles. The predicted octanol–water partition coefficient (Wildman–Crippen LogP) is 4.66. The lowest BCUT2D eigenvalue weighted by atomic mass is 10.1. The summed E-state index contributed by atoms with van der Waals surface area (Å²) in [5.74, 6) is 0.973. The van der Waals surface area contributed by atoms with Crippen molar-refractivity contribution in [2.24, 2.45) is 0 Å². The Bertz CT molecular complexity index is 881. The van der Waals surface area contributed by atoms with E-state index in [9.17, 15) is 4.79 Å². The van der Waals surface area contributed by atoms with Gasteiger partial charge in [0, 0.05) is 25.0 Å². The van der Waals surface area contributed by atoms with Gasteiger partial charge >= 0.3 is 0 Å². The molecule has 3 rings (SSSR count). The largest absolute Gasteiger partial charge is 0.329 e. The highest BCUT2D eigenvalue weighted by molar-refractivity contribution is 7.12. The zero-order chi connectivity index (χ0) is 18.7. The van der Waals surface area contributed by atoms with E-state index in [0.29, 0.717) is 6.54 Å². The summed E-state index contributed by atoms with van der Waals surface area (Å²) in [4.78, 5) is 20.0. The van der Waals surface area contributed by atoms with Crippen LogP contribution in [0.1, 0.15) is 46.0 Å². The third kappa shape index (κ3) is 4.05. The van der Waals surface area contributed by atoms with Crippen LogP contribution in [0.3, 0.4) is 0 Å². The van der Waals surface area contributed by atoms with Crippen molar-refractivity contribution in [2.75, 3.05) is 0 Å². The number of imidazole rings is 1. The summed E-state index contributed by atoms with van der Waals surface area (Å²) in [5.41, 5.74) is 3.81. The second-order valence-electron chi connectivity index (χ2n) is 6.91. The van der Waals surface area contributed by atoms with Crippen molar-refractivity contribution in [1.29, 1.82) is 0 Å².